The lowest BCUT2D eigenvalue weighted by atomic mass is 9.55. The Balaban J connectivity index is 1.30. The van der Waals surface area contributed by atoms with Crippen LogP contribution in [0.2, 0.25) is 10.1 Å². The third-order valence-corrected chi connectivity index (χ3v) is 23.5. The summed E-state index contributed by atoms with van der Waals surface area (Å²) in [7, 11) is -5.73. The summed E-state index contributed by atoms with van der Waals surface area (Å²) < 4.78 is 15.3. The molecule has 0 heterocycles. The number of hydrogen-bond acceptors (Lipinski definition) is 4. The van der Waals surface area contributed by atoms with Gasteiger partial charge >= 0.3 is 0 Å². The van der Waals surface area contributed by atoms with Crippen LogP contribution in [0.5, 0.6) is 0 Å². The van der Waals surface area contributed by atoms with Crippen LogP contribution in [-0.4, -0.2) is 52.3 Å². The maximum atomic E-state index is 12.8. The van der Waals surface area contributed by atoms with Crippen molar-refractivity contribution in [1.29, 1.82) is 0 Å². The average molecular weight is 759 g/mol. The van der Waals surface area contributed by atoms with Crippen molar-refractivity contribution >= 4 is 37.4 Å². The van der Waals surface area contributed by atoms with Gasteiger partial charge in [-0.25, -0.2) is 0 Å². The van der Waals surface area contributed by atoms with Gasteiger partial charge in [0, 0.05) is 25.0 Å². The molecule has 3 aliphatic rings. The number of hydrogen-bond donors (Lipinski definition) is 2. The molecule has 4 nitrogen and oxygen atoms in total. The third-order valence-electron chi connectivity index (χ3n) is 13.5. The van der Waals surface area contributed by atoms with Gasteiger partial charge < -0.3 is 19.1 Å². The second-order valence-electron chi connectivity index (χ2n) is 18.5. The van der Waals surface area contributed by atoms with Crippen molar-refractivity contribution < 1.29 is 19.1 Å². The van der Waals surface area contributed by atoms with Gasteiger partial charge in [-0.3, -0.25) is 0 Å². The average Bonchev–Trinajstić information content (AvgIpc) is 3.17. The number of fused-ring (bicyclic) bond motifs is 2. The molecule has 2 saturated carbocycles. The zero-order chi connectivity index (χ0) is 38.1. The summed E-state index contributed by atoms with van der Waals surface area (Å²) in [6.07, 6.45) is 7.20. The molecule has 286 valence electrons. The molecule has 0 aliphatic heterocycles. The van der Waals surface area contributed by atoms with Crippen LogP contribution in [0.15, 0.2) is 133 Å². The minimum absolute atomic E-state index is 0.0593. The Bertz CT molecular complexity index is 1740. The molecule has 0 spiro atoms. The Kier molecular flexibility index (Phi) is 11.5. The Morgan fingerprint density at radius 2 is 0.926 bits per heavy atom. The summed E-state index contributed by atoms with van der Waals surface area (Å²) in [5, 5.41) is 29.5. The minimum Gasteiger partial charge on any atom is -0.407 e. The van der Waals surface area contributed by atoms with Crippen LogP contribution in [-0.2, 0) is 8.85 Å². The predicted octanol–water partition coefficient (Wildman–Crippen LogP) is 7.72. The van der Waals surface area contributed by atoms with Crippen LogP contribution in [0.4, 0.5) is 0 Å². The highest BCUT2D eigenvalue weighted by Crippen LogP contribution is 2.52. The summed E-state index contributed by atoms with van der Waals surface area (Å²) in [6.45, 7) is 14.9. The van der Waals surface area contributed by atoms with Gasteiger partial charge in [-0.1, -0.05) is 175 Å². The molecular formula is C48H62O4Si2. The molecule has 8 atom stereocenters. The van der Waals surface area contributed by atoms with Crippen molar-refractivity contribution in [1.82, 2.24) is 0 Å². The molecule has 0 unspecified atom stereocenters. The Morgan fingerprint density at radius 3 is 1.35 bits per heavy atom. The highest BCUT2D eigenvalue weighted by Gasteiger charge is 2.57. The molecule has 2 fully saturated rings. The van der Waals surface area contributed by atoms with E-state index in [2.05, 4.69) is 175 Å². The molecule has 4 aromatic rings. The maximum absolute atomic E-state index is 12.8. The van der Waals surface area contributed by atoms with Crippen molar-refractivity contribution in [3.05, 3.63) is 133 Å². The van der Waals surface area contributed by atoms with E-state index in [9.17, 15) is 10.2 Å². The quantitative estimate of drug-likeness (QED) is 0.129. The Hall–Kier alpha value is -3.11. The molecule has 0 aromatic heterocycles. The molecule has 0 bridgehead atoms. The number of rotatable bonds is 10. The van der Waals surface area contributed by atoms with E-state index in [1.165, 1.54) is 20.7 Å². The third kappa shape index (κ3) is 7.08. The summed E-state index contributed by atoms with van der Waals surface area (Å²) >= 11 is 0. The fraction of sp³-hybridized carbons (Fsp3) is 0.458. The summed E-state index contributed by atoms with van der Waals surface area (Å²) in [5.74, 6) is 0.588. The van der Waals surface area contributed by atoms with Crippen LogP contribution < -0.4 is 20.7 Å². The lowest BCUT2D eigenvalue weighted by Gasteiger charge is -2.55. The van der Waals surface area contributed by atoms with Gasteiger partial charge in [-0.2, -0.15) is 0 Å². The second kappa shape index (κ2) is 15.8. The van der Waals surface area contributed by atoms with E-state index in [0.29, 0.717) is 19.1 Å². The number of allylic oxidation sites excluding steroid dienone is 2. The van der Waals surface area contributed by atoms with Crippen LogP contribution >= 0.6 is 0 Å². The lowest BCUT2D eigenvalue weighted by molar-refractivity contribution is -0.156. The highest BCUT2D eigenvalue weighted by molar-refractivity contribution is 7.00. The van der Waals surface area contributed by atoms with Gasteiger partial charge in [-0.05, 0) is 80.2 Å². The number of benzene rings is 4. The molecule has 6 heteroatoms. The highest BCUT2D eigenvalue weighted by atomic mass is 28.4. The predicted molar refractivity (Wildman–Crippen MR) is 228 cm³/mol. The first-order valence-corrected chi connectivity index (χ1v) is 24.2. The zero-order valence-corrected chi connectivity index (χ0v) is 35.3. The van der Waals surface area contributed by atoms with Crippen molar-refractivity contribution in [2.45, 2.75) is 89.5 Å². The summed E-state index contributed by atoms with van der Waals surface area (Å²) in [5.41, 5.74) is 0. The molecule has 2 N–H and O–H groups in total. The van der Waals surface area contributed by atoms with E-state index >= 15 is 0 Å². The largest absolute Gasteiger partial charge is 0.407 e. The first-order chi connectivity index (χ1) is 25.9. The van der Waals surface area contributed by atoms with E-state index in [4.69, 9.17) is 8.85 Å². The van der Waals surface area contributed by atoms with Gasteiger partial charge in [0.15, 0.2) is 0 Å². The Labute approximate surface area is 326 Å². The van der Waals surface area contributed by atoms with E-state index in [0.717, 1.165) is 25.7 Å². The fourth-order valence-electron chi connectivity index (χ4n) is 11.0. The van der Waals surface area contributed by atoms with Gasteiger partial charge in [0.25, 0.3) is 16.6 Å². The summed E-state index contributed by atoms with van der Waals surface area (Å²) in [6, 6.07) is 43.4. The second-order valence-corrected chi connectivity index (χ2v) is 27.1. The monoisotopic (exact) mass is 758 g/mol. The zero-order valence-electron chi connectivity index (χ0n) is 33.3. The molecule has 0 amide bonds. The number of aliphatic hydroxyl groups excluding tert-OH is 2. The van der Waals surface area contributed by atoms with E-state index < -0.39 is 28.8 Å². The maximum Gasteiger partial charge on any atom is 0.261 e. The minimum atomic E-state index is -2.89. The first kappa shape index (κ1) is 39.1. The molecule has 0 radical (unpaired) electrons. The van der Waals surface area contributed by atoms with Crippen molar-refractivity contribution in [2.75, 3.05) is 13.2 Å². The molecule has 0 saturated heterocycles. The number of aliphatic hydroxyl groups is 2. The van der Waals surface area contributed by atoms with Crippen molar-refractivity contribution in [2.24, 2.45) is 35.5 Å². The van der Waals surface area contributed by atoms with E-state index in [1.54, 1.807) is 0 Å². The van der Waals surface area contributed by atoms with Crippen LogP contribution in [0.25, 0.3) is 0 Å². The first-order valence-electron chi connectivity index (χ1n) is 20.4. The fourth-order valence-corrected chi connectivity index (χ4v) is 20.2. The van der Waals surface area contributed by atoms with E-state index in [-0.39, 0.29) is 39.7 Å². The molecular weight excluding hydrogens is 697 g/mol. The van der Waals surface area contributed by atoms with Gasteiger partial charge in [0.2, 0.25) is 0 Å². The molecule has 3 aliphatic carbocycles. The standard InChI is InChI=1S/C48H62O4Si2/c1-47(2,3)53(38-22-11-7-12-23-38,39-24-13-8-14-25-39)51-33-37-32-36-31-35-21-19-20-30-42(35)45(49)44(36)46(50)43(37)34-52-54(48(4,5)6,40-26-15-9-16-27-40)41-28-17-10-18-29-41/h7-20,22-29,35-37,42-46,49-50H,21,30-34H2,1-6H3/t35-,36+,37-,42-,43-,44-,45+,46-/m1/s1. The van der Waals surface area contributed by atoms with Gasteiger partial charge in [0.1, 0.15) is 0 Å². The van der Waals surface area contributed by atoms with Crippen LogP contribution in [0.1, 0.15) is 67.2 Å². The SMILES string of the molecule is CC(C)(C)[Si](OC[C@H]1C[C@@H]2C[C@H]3CC=CC[C@H]3[C@H](O)[C@@H]2[C@H](O)[C@@H]1CO[Si](c1ccccc1)(c1ccccc1)C(C)(C)C)(c1ccccc1)c1ccccc1. The summed E-state index contributed by atoms with van der Waals surface area (Å²) in [4.78, 5) is 0. The molecule has 7 rings (SSSR count). The Morgan fingerprint density at radius 1 is 0.519 bits per heavy atom. The van der Waals surface area contributed by atoms with E-state index in [1.807, 2.05) is 0 Å². The topological polar surface area (TPSA) is 58.9 Å². The lowest BCUT2D eigenvalue weighted by Crippen LogP contribution is -2.68. The van der Waals surface area contributed by atoms with Crippen LogP contribution in [0.3, 0.4) is 0 Å². The van der Waals surface area contributed by atoms with Crippen molar-refractivity contribution in [3.63, 3.8) is 0 Å². The normalized spacial score (nSPS) is 27.6. The van der Waals surface area contributed by atoms with Crippen molar-refractivity contribution in [3.8, 4) is 0 Å². The van der Waals surface area contributed by atoms with Gasteiger partial charge in [-0.15, -0.1) is 0 Å². The molecule has 4 aromatic carbocycles. The van der Waals surface area contributed by atoms with Crippen LogP contribution in [0, 0.1) is 35.5 Å². The molecule has 54 heavy (non-hydrogen) atoms. The smallest absolute Gasteiger partial charge is 0.261 e. The van der Waals surface area contributed by atoms with Gasteiger partial charge in [0.05, 0.1) is 12.2 Å².